The molecule has 1 unspecified atom stereocenters. The van der Waals surface area contributed by atoms with E-state index in [2.05, 4.69) is 16.4 Å². The third-order valence-electron chi connectivity index (χ3n) is 2.84. The number of carbonyl (C=O) groups is 1. The molecule has 96 valence electrons. The molecule has 0 radical (unpaired) electrons. The predicted octanol–water partition coefficient (Wildman–Crippen LogP) is 2.24. The lowest BCUT2D eigenvalue weighted by Crippen LogP contribution is -2.20. The summed E-state index contributed by atoms with van der Waals surface area (Å²) >= 11 is 0. The first-order valence-corrected chi connectivity index (χ1v) is 5.88. The van der Waals surface area contributed by atoms with Crippen LogP contribution in [0.25, 0.3) is 10.9 Å². The Morgan fingerprint density at radius 2 is 2.26 bits per heavy atom. The largest absolute Gasteiger partial charge is 0.481 e. The van der Waals surface area contributed by atoms with Crippen molar-refractivity contribution in [2.24, 2.45) is 5.92 Å². The van der Waals surface area contributed by atoms with Crippen molar-refractivity contribution in [1.29, 1.82) is 5.26 Å². The van der Waals surface area contributed by atoms with Crippen molar-refractivity contribution in [2.75, 3.05) is 11.9 Å². The van der Waals surface area contributed by atoms with Crippen molar-refractivity contribution in [1.82, 2.24) is 4.98 Å². The van der Waals surface area contributed by atoms with Crippen molar-refractivity contribution >= 4 is 22.7 Å². The van der Waals surface area contributed by atoms with Crippen LogP contribution in [0.1, 0.15) is 12.5 Å². The molecule has 2 aromatic rings. The number of nitrogens with one attached hydrogen (secondary N) is 1. The Morgan fingerprint density at radius 3 is 2.95 bits per heavy atom. The predicted molar refractivity (Wildman–Crippen MR) is 71.7 cm³/mol. The minimum atomic E-state index is -0.883. The molecule has 2 rings (SSSR count). The number of aliphatic carboxylic acids is 1. The normalized spacial score (nSPS) is 11.8. The molecule has 1 atom stereocenters. The molecular formula is C14H13N3O2. The highest BCUT2D eigenvalue weighted by molar-refractivity contribution is 5.82. The number of pyridine rings is 1. The minimum absolute atomic E-state index is 0.232. The number of hydrogen-bond donors (Lipinski definition) is 2. The average molecular weight is 255 g/mol. The van der Waals surface area contributed by atoms with Gasteiger partial charge in [0.1, 0.15) is 11.9 Å². The van der Waals surface area contributed by atoms with Crippen LogP contribution in [0, 0.1) is 17.2 Å². The number of benzene rings is 1. The molecule has 1 heterocycles. The van der Waals surface area contributed by atoms with Gasteiger partial charge in [-0.3, -0.25) is 4.79 Å². The second kappa shape index (κ2) is 5.36. The second-order valence-electron chi connectivity index (χ2n) is 4.31. The van der Waals surface area contributed by atoms with Crippen LogP contribution in [-0.2, 0) is 4.79 Å². The number of rotatable bonds is 4. The Balaban J connectivity index is 2.31. The number of aromatic nitrogens is 1. The molecule has 0 amide bonds. The summed E-state index contributed by atoms with van der Waals surface area (Å²) in [6.07, 6.45) is 0. The number of nitrogens with zero attached hydrogens (tertiary/aromatic N) is 2. The summed E-state index contributed by atoms with van der Waals surface area (Å²) in [5.74, 6) is -0.999. The highest BCUT2D eigenvalue weighted by atomic mass is 16.4. The molecule has 5 nitrogen and oxygen atoms in total. The van der Waals surface area contributed by atoms with Gasteiger partial charge in [0.15, 0.2) is 0 Å². The summed E-state index contributed by atoms with van der Waals surface area (Å²) in [5, 5.41) is 21.7. The fourth-order valence-electron chi connectivity index (χ4n) is 1.67. The van der Waals surface area contributed by atoms with E-state index in [1.807, 2.05) is 24.3 Å². The van der Waals surface area contributed by atoms with Gasteiger partial charge in [-0.1, -0.05) is 25.1 Å². The third kappa shape index (κ3) is 2.80. The number of fused-ring (bicyclic) bond motifs is 1. The molecule has 0 aliphatic carbocycles. The van der Waals surface area contributed by atoms with Crippen molar-refractivity contribution in [3.8, 4) is 6.07 Å². The van der Waals surface area contributed by atoms with E-state index in [0.29, 0.717) is 11.4 Å². The molecule has 0 saturated carbocycles. The molecule has 0 aliphatic heterocycles. The van der Waals surface area contributed by atoms with Crippen LogP contribution < -0.4 is 5.32 Å². The van der Waals surface area contributed by atoms with Crippen LogP contribution in [-0.4, -0.2) is 22.6 Å². The number of carboxylic acids is 1. The van der Waals surface area contributed by atoms with Crippen LogP contribution >= 0.6 is 0 Å². The lowest BCUT2D eigenvalue weighted by atomic mass is 10.1. The van der Waals surface area contributed by atoms with Crippen LogP contribution in [0.4, 0.5) is 5.82 Å². The number of anilines is 1. The van der Waals surface area contributed by atoms with Gasteiger partial charge in [-0.15, -0.1) is 0 Å². The average Bonchev–Trinajstić information content (AvgIpc) is 2.43. The SMILES string of the molecule is CC(CNc1nc2ccccc2cc1C#N)C(=O)O. The van der Waals surface area contributed by atoms with Gasteiger partial charge < -0.3 is 10.4 Å². The molecule has 19 heavy (non-hydrogen) atoms. The van der Waals surface area contributed by atoms with Gasteiger partial charge in [0.25, 0.3) is 0 Å². The first kappa shape index (κ1) is 12.8. The summed E-state index contributed by atoms with van der Waals surface area (Å²) in [6.45, 7) is 1.83. The zero-order valence-corrected chi connectivity index (χ0v) is 10.4. The van der Waals surface area contributed by atoms with Crippen LogP contribution in [0.3, 0.4) is 0 Å². The van der Waals surface area contributed by atoms with E-state index in [0.717, 1.165) is 10.9 Å². The zero-order valence-electron chi connectivity index (χ0n) is 10.4. The van der Waals surface area contributed by atoms with Crippen molar-refractivity contribution < 1.29 is 9.90 Å². The number of para-hydroxylation sites is 1. The maximum Gasteiger partial charge on any atom is 0.308 e. The van der Waals surface area contributed by atoms with E-state index >= 15 is 0 Å². The smallest absolute Gasteiger partial charge is 0.308 e. The lowest BCUT2D eigenvalue weighted by Gasteiger charge is -2.11. The van der Waals surface area contributed by atoms with E-state index in [9.17, 15) is 4.79 Å². The van der Waals surface area contributed by atoms with E-state index in [1.165, 1.54) is 0 Å². The monoisotopic (exact) mass is 255 g/mol. The molecule has 1 aromatic carbocycles. The molecule has 0 fully saturated rings. The first-order chi connectivity index (χ1) is 9.11. The lowest BCUT2D eigenvalue weighted by molar-refractivity contribution is -0.140. The molecule has 5 heteroatoms. The molecule has 0 aliphatic rings. The van der Waals surface area contributed by atoms with Crippen molar-refractivity contribution in [2.45, 2.75) is 6.92 Å². The van der Waals surface area contributed by atoms with Crippen LogP contribution in [0.2, 0.25) is 0 Å². The van der Waals surface area contributed by atoms with Crippen LogP contribution in [0.5, 0.6) is 0 Å². The van der Waals surface area contributed by atoms with Crippen LogP contribution in [0.15, 0.2) is 30.3 Å². The molecule has 0 saturated heterocycles. The molecular weight excluding hydrogens is 242 g/mol. The standard InChI is InChI=1S/C14H13N3O2/c1-9(14(18)19)8-16-13-11(7-15)6-10-4-2-3-5-12(10)17-13/h2-6,9H,8H2,1H3,(H,16,17)(H,18,19). The maximum atomic E-state index is 10.8. The Hall–Kier alpha value is -2.61. The minimum Gasteiger partial charge on any atom is -0.481 e. The van der Waals surface area contributed by atoms with E-state index in [-0.39, 0.29) is 6.54 Å². The van der Waals surface area contributed by atoms with Gasteiger partial charge in [-0.05, 0) is 12.1 Å². The fraction of sp³-hybridized carbons (Fsp3) is 0.214. The summed E-state index contributed by atoms with van der Waals surface area (Å²) in [6, 6.07) is 11.3. The van der Waals surface area contributed by atoms with Crippen molar-refractivity contribution in [3.05, 3.63) is 35.9 Å². The number of hydrogen-bond acceptors (Lipinski definition) is 4. The van der Waals surface area contributed by atoms with Gasteiger partial charge in [-0.25, -0.2) is 4.98 Å². The quantitative estimate of drug-likeness (QED) is 0.875. The number of nitriles is 1. The Kier molecular flexibility index (Phi) is 3.62. The third-order valence-corrected chi connectivity index (χ3v) is 2.84. The van der Waals surface area contributed by atoms with E-state index in [1.54, 1.807) is 13.0 Å². The molecule has 0 bridgehead atoms. The molecule has 1 aromatic heterocycles. The van der Waals surface area contributed by atoms with Gasteiger partial charge in [0.05, 0.1) is 17.0 Å². The number of carboxylic acid groups (broad SMARTS) is 1. The Labute approximate surface area is 110 Å². The maximum absolute atomic E-state index is 10.8. The zero-order chi connectivity index (χ0) is 13.8. The summed E-state index contributed by atoms with van der Waals surface area (Å²) in [5.41, 5.74) is 1.18. The second-order valence-corrected chi connectivity index (χ2v) is 4.31. The first-order valence-electron chi connectivity index (χ1n) is 5.88. The molecule has 0 spiro atoms. The topological polar surface area (TPSA) is 86.0 Å². The Bertz CT molecular complexity index is 661. The fourth-order valence-corrected chi connectivity index (χ4v) is 1.67. The van der Waals surface area contributed by atoms with Gasteiger partial charge in [-0.2, -0.15) is 5.26 Å². The summed E-state index contributed by atoms with van der Waals surface area (Å²) < 4.78 is 0. The summed E-state index contributed by atoms with van der Waals surface area (Å²) in [7, 11) is 0. The summed E-state index contributed by atoms with van der Waals surface area (Å²) in [4.78, 5) is 15.1. The van der Waals surface area contributed by atoms with Gasteiger partial charge in [0.2, 0.25) is 0 Å². The van der Waals surface area contributed by atoms with E-state index < -0.39 is 11.9 Å². The highest BCUT2D eigenvalue weighted by Gasteiger charge is 2.12. The van der Waals surface area contributed by atoms with Gasteiger partial charge >= 0.3 is 5.97 Å². The molecule has 2 N–H and O–H groups in total. The Morgan fingerprint density at radius 1 is 1.53 bits per heavy atom. The van der Waals surface area contributed by atoms with Gasteiger partial charge in [0, 0.05) is 11.9 Å². The van der Waals surface area contributed by atoms with Crippen molar-refractivity contribution in [3.63, 3.8) is 0 Å². The highest BCUT2D eigenvalue weighted by Crippen LogP contribution is 2.19. The van der Waals surface area contributed by atoms with E-state index in [4.69, 9.17) is 10.4 Å².